The summed E-state index contributed by atoms with van der Waals surface area (Å²) in [6.45, 7) is 7.93. The molecule has 0 radical (unpaired) electrons. The second-order valence-electron chi connectivity index (χ2n) is 7.27. The quantitative estimate of drug-likeness (QED) is 0.789. The molecule has 28 heavy (non-hydrogen) atoms. The highest BCUT2D eigenvalue weighted by Crippen LogP contribution is 2.25. The van der Waals surface area contributed by atoms with Gasteiger partial charge in [-0.1, -0.05) is 36.4 Å². The number of piperazine rings is 1. The highest BCUT2D eigenvalue weighted by Gasteiger charge is 2.31. The number of carbonyl (C=O) groups excluding carboxylic acids is 2. The van der Waals surface area contributed by atoms with E-state index < -0.39 is 0 Å². The van der Waals surface area contributed by atoms with Crippen molar-refractivity contribution in [2.24, 2.45) is 0 Å². The zero-order valence-corrected chi connectivity index (χ0v) is 15.9. The lowest BCUT2D eigenvalue weighted by Gasteiger charge is -2.28. The van der Waals surface area contributed by atoms with Crippen molar-refractivity contribution in [3.63, 3.8) is 0 Å². The van der Waals surface area contributed by atoms with Crippen LogP contribution in [0.2, 0.25) is 0 Å². The van der Waals surface area contributed by atoms with Crippen LogP contribution >= 0.6 is 0 Å². The molecule has 2 amide bonds. The first-order valence-electron chi connectivity index (χ1n) is 9.67. The number of carbonyl (C=O) groups is 2. The van der Waals surface area contributed by atoms with Gasteiger partial charge in [0.1, 0.15) is 0 Å². The third-order valence-corrected chi connectivity index (χ3v) is 5.30. The molecule has 1 aromatic carbocycles. The molecule has 2 aromatic rings. The van der Waals surface area contributed by atoms with Gasteiger partial charge in [0.05, 0.1) is 13.1 Å². The van der Waals surface area contributed by atoms with Crippen LogP contribution in [0.4, 0.5) is 0 Å². The lowest BCUT2D eigenvalue weighted by Crippen LogP contribution is -2.50. The molecule has 1 aromatic heterocycles. The smallest absolute Gasteiger partial charge is 0.275 e. The van der Waals surface area contributed by atoms with Gasteiger partial charge < -0.3 is 10.2 Å². The first-order valence-corrected chi connectivity index (χ1v) is 9.67. The Kier molecular flexibility index (Phi) is 5.25. The number of benzene rings is 1. The maximum atomic E-state index is 13.2. The number of nitrogens with one attached hydrogen (secondary N) is 1. The normalized spacial score (nSPS) is 17.1. The topological polar surface area (TPSA) is 70.5 Å². The first kappa shape index (κ1) is 18.4. The molecule has 0 unspecified atom stereocenters. The van der Waals surface area contributed by atoms with E-state index in [-0.39, 0.29) is 18.4 Å². The fourth-order valence-corrected chi connectivity index (χ4v) is 3.91. The van der Waals surface area contributed by atoms with Crippen LogP contribution in [0.15, 0.2) is 43.0 Å². The fraction of sp³-hybridized carbons (Fsp3) is 0.381. The number of rotatable bonds is 5. The van der Waals surface area contributed by atoms with Crippen LogP contribution < -0.4 is 5.32 Å². The predicted octanol–water partition coefficient (Wildman–Crippen LogP) is 1.05. The largest absolute Gasteiger partial charge is 0.353 e. The molecule has 2 aliphatic heterocycles. The summed E-state index contributed by atoms with van der Waals surface area (Å²) in [6, 6.07) is 10.1. The van der Waals surface area contributed by atoms with Gasteiger partial charge in [-0.2, -0.15) is 5.10 Å². The average Bonchev–Trinajstić information content (AvgIpc) is 3.06. The van der Waals surface area contributed by atoms with Crippen LogP contribution in [0.25, 0.3) is 0 Å². The summed E-state index contributed by atoms with van der Waals surface area (Å²) in [6.07, 6.45) is 2.73. The molecule has 0 spiro atoms. The van der Waals surface area contributed by atoms with Gasteiger partial charge in [-0.25, -0.2) is 0 Å². The molecule has 1 N–H and O–H groups in total. The van der Waals surface area contributed by atoms with Crippen molar-refractivity contribution in [1.82, 2.24) is 24.9 Å². The van der Waals surface area contributed by atoms with E-state index in [4.69, 9.17) is 5.10 Å². The van der Waals surface area contributed by atoms with Crippen LogP contribution in [-0.4, -0.2) is 64.1 Å². The van der Waals surface area contributed by atoms with Gasteiger partial charge in [0.2, 0.25) is 5.91 Å². The van der Waals surface area contributed by atoms with Gasteiger partial charge in [0.25, 0.3) is 5.91 Å². The summed E-state index contributed by atoms with van der Waals surface area (Å²) in [5.41, 5.74) is 3.74. The molecule has 0 aliphatic carbocycles. The van der Waals surface area contributed by atoms with E-state index in [9.17, 15) is 9.59 Å². The van der Waals surface area contributed by atoms with Crippen molar-refractivity contribution in [2.75, 3.05) is 32.7 Å². The van der Waals surface area contributed by atoms with Crippen molar-refractivity contribution in [1.29, 1.82) is 0 Å². The number of nitrogens with zero attached hydrogens (tertiary/aromatic N) is 4. The second-order valence-corrected chi connectivity index (χ2v) is 7.27. The van der Waals surface area contributed by atoms with E-state index in [1.165, 1.54) is 0 Å². The number of hydrogen-bond donors (Lipinski definition) is 1. The lowest BCUT2D eigenvalue weighted by atomic mass is 10.0. The number of amides is 2. The molecule has 1 saturated heterocycles. The van der Waals surface area contributed by atoms with Crippen molar-refractivity contribution < 1.29 is 9.59 Å². The predicted molar refractivity (Wildman–Crippen MR) is 106 cm³/mol. The summed E-state index contributed by atoms with van der Waals surface area (Å²) < 4.78 is 1.97. The Balaban J connectivity index is 1.67. The van der Waals surface area contributed by atoms with E-state index in [2.05, 4.69) is 28.9 Å². The van der Waals surface area contributed by atoms with Gasteiger partial charge >= 0.3 is 0 Å². The summed E-state index contributed by atoms with van der Waals surface area (Å²) >= 11 is 0. The number of hydrogen-bond acceptors (Lipinski definition) is 4. The molecule has 0 saturated carbocycles. The molecule has 0 bridgehead atoms. The Morgan fingerprint density at radius 3 is 2.79 bits per heavy atom. The van der Waals surface area contributed by atoms with Gasteiger partial charge in [-0.3, -0.25) is 19.2 Å². The molecular weight excluding hydrogens is 354 g/mol. The van der Waals surface area contributed by atoms with Gasteiger partial charge in [0.15, 0.2) is 5.69 Å². The van der Waals surface area contributed by atoms with E-state index in [1.54, 1.807) is 4.90 Å². The Bertz CT molecular complexity index is 890. The SMILES string of the molecule is C=CCN1CCc2c(c(C(=O)N3CCNC(=O)C3)nn2Cc2ccccc2)C1. The molecule has 7 nitrogen and oxygen atoms in total. The van der Waals surface area contributed by atoms with Gasteiger partial charge in [0, 0.05) is 50.4 Å². The number of aromatic nitrogens is 2. The van der Waals surface area contributed by atoms with E-state index in [0.717, 1.165) is 36.3 Å². The maximum Gasteiger partial charge on any atom is 0.275 e. The average molecular weight is 379 g/mol. The van der Waals surface area contributed by atoms with Crippen LogP contribution in [0.1, 0.15) is 27.3 Å². The Labute approximate surface area is 164 Å². The lowest BCUT2D eigenvalue weighted by molar-refractivity contribution is -0.123. The first-order chi connectivity index (χ1) is 13.7. The van der Waals surface area contributed by atoms with Crippen LogP contribution in [0.5, 0.6) is 0 Å². The van der Waals surface area contributed by atoms with Crippen molar-refractivity contribution in [2.45, 2.75) is 19.5 Å². The summed E-state index contributed by atoms with van der Waals surface area (Å²) in [5.74, 6) is -0.274. The van der Waals surface area contributed by atoms with E-state index in [1.807, 2.05) is 29.0 Å². The van der Waals surface area contributed by atoms with Crippen molar-refractivity contribution >= 4 is 11.8 Å². The molecule has 2 aliphatic rings. The molecule has 1 fully saturated rings. The number of fused-ring (bicyclic) bond motifs is 1. The third kappa shape index (κ3) is 3.71. The van der Waals surface area contributed by atoms with Crippen LogP contribution in [0, 0.1) is 0 Å². The summed E-state index contributed by atoms with van der Waals surface area (Å²) in [7, 11) is 0. The Hall–Kier alpha value is -2.93. The highest BCUT2D eigenvalue weighted by atomic mass is 16.2. The minimum atomic E-state index is -0.154. The van der Waals surface area contributed by atoms with Gasteiger partial charge in [-0.15, -0.1) is 6.58 Å². The van der Waals surface area contributed by atoms with Gasteiger partial charge in [-0.05, 0) is 5.56 Å². The van der Waals surface area contributed by atoms with E-state index in [0.29, 0.717) is 31.9 Å². The van der Waals surface area contributed by atoms with Crippen LogP contribution in [0.3, 0.4) is 0 Å². The van der Waals surface area contributed by atoms with Crippen molar-refractivity contribution in [3.8, 4) is 0 Å². The molecule has 4 rings (SSSR count). The summed E-state index contributed by atoms with van der Waals surface area (Å²) in [4.78, 5) is 28.8. The molecular formula is C21H25N5O2. The second kappa shape index (κ2) is 7.98. The molecule has 146 valence electrons. The Morgan fingerprint density at radius 2 is 2.04 bits per heavy atom. The highest BCUT2D eigenvalue weighted by molar-refractivity contribution is 5.97. The molecule has 3 heterocycles. The van der Waals surface area contributed by atoms with Crippen LogP contribution in [-0.2, 0) is 24.3 Å². The zero-order valence-electron chi connectivity index (χ0n) is 15.9. The molecule has 0 atom stereocenters. The third-order valence-electron chi connectivity index (χ3n) is 5.30. The monoisotopic (exact) mass is 379 g/mol. The zero-order chi connectivity index (χ0) is 19.5. The minimum absolute atomic E-state index is 0.0928. The van der Waals surface area contributed by atoms with E-state index >= 15 is 0 Å². The minimum Gasteiger partial charge on any atom is -0.353 e. The van der Waals surface area contributed by atoms with Crippen molar-refractivity contribution in [3.05, 3.63) is 65.5 Å². The Morgan fingerprint density at radius 1 is 1.21 bits per heavy atom. The molecule has 7 heteroatoms. The maximum absolute atomic E-state index is 13.2. The summed E-state index contributed by atoms with van der Waals surface area (Å²) in [5, 5.41) is 7.49. The fourth-order valence-electron chi connectivity index (χ4n) is 3.91. The standard InChI is InChI=1S/C21H25N5O2/c1-2-10-24-11-8-18-17(14-24)20(21(28)25-12-9-22-19(27)15-25)23-26(18)13-16-6-4-3-5-7-16/h2-7H,1,8-15H2,(H,22,27).